The van der Waals surface area contributed by atoms with Crippen molar-refractivity contribution in [2.75, 3.05) is 13.7 Å². The molecule has 0 radical (unpaired) electrons. The SMILES string of the molecule is CCCNC1CC(C(C)C)Oc2cc(OC)ccc21. The third kappa shape index (κ3) is 3.21. The van der Waals surface area contributed by atoms with Crippen molar-refractivity contribution in [3.63, 3.8) is 0 Å². The van der Waals surface area contributed by atoms with Gasteiger partial charge in [-0.3, -0.25) is 0 Å². The fourth-order valence-electron chi connectivity index (χ4n) is 2.52. The average Bonchev–Trinajstić information content (AvgIpc) is 2.43. The molecule has 0 saturated carbocycles. The summed E-state index contributed by atoms with van der Waals surface area (Å²) in [5, 5.41) is 3.63. The van der Waals surface area contributed by atoms with Gasteiger partial charge in [-0.2, -0.15) is 0 Å². The molecule has 0 saturated heterocycles. The van der Waals surface area contributed by atoms with Gasteiger partial charge in [-0.25, -0.2) is 0 Å². The van der Waals surface area contributed by atoms with Gasteiger partial charge >= 0.3 is 0 Å². The lowest BCUT2D eigenvalue weighted by atomic mass is 9.91. The number of ether oxygens (including phenoxy) is 2. The molecule has 0 aromatic heterocycles. The number of rotatable bonds is 5. The van der Waals surface area contributed by atoms with E-state index >= 15 is 0 Å². The van der Waals surface area contributed by atoms with E-state index < -0.39 is 0 Å². The van der Waals surface area contributed by atoms with Gasteiger partial charge < -0.3 is 14.8 Å². The number of hydrogen-bond acceptors (Lipinski definition) is 3. The minimum atomic E-state index is 0.272. The summed E-state index contributed by atoms with van der Waals surface area (Å²) < 4.78 is 11.4. The van der Waals surface area contributed by atoms with Crippen LogP contribution < -0.4 is 14.8 Å². The Morgan fingerprint density at radius 3 is 2.84 bits per heavy atom. The van der Waals surface area contributed by atoms with Crippen LogP contribution >= 0.6 is 0 Å². The van der Waals surface area contributed by atoms with Crippen molar-refractivity contribution in [2.45, 2.75) is 45.8 Å². The van der Waals surface area contributed by atoms with E-state index in [0.717, 1.165) is 30.9 Å². The summed E-state index contributed by atoms with van der Waals surface area (Å²) in [6, 6.07) is 6.53. The summed E-state index contributed by atoms with van der Waals surface area (Å²) in [5.74, 6) is 2.35. The first-order valence-corrected chi connectivity index (χ1v) is 7.23. The molecule has 1 N–H and O–H groups in total. The lowest BCUT2D eigenvalue weighted by molar-refractivity contribution is 0.107. The zero-order chi connectivity index (χ0) is 13.8. The van der Waals surface area contributed by atoms with Crippen LogP contribution in [0.3, 0.4) is 0 Å². The molecule has 2 rings (SSSR count). The Labute approximate surface area is 116 Å². The molecule has 0 fully saturated rings. The fourth-order valence-corrected chi connectivity index (χ4v) is 2.52. The van der Waals surface area contributed by atoms with E-state index in [0.29, 0.717) is 12.0 Å². The Bertz CT molecular complexity index is 417. The lowest BCUT2D eigenvalue weighted by Gasteiger charge is -2.35. The van der Waals surface area contributed by atoms with Crippen LogP contribution in [0.4, 0.5) is 0 Å². The summed E-state index contributed by atoms with van der Waals surface area (Å²) in [6.45, 7) is 7.67. The molecule has 3 heteroatoms. The van der Waals surface area contributed by atoms with Crippen molar-refractivity contribution in [1.82, 2.24) is 5.32 Å². The minimum Gasteiger partial charge on any atom is -0.497 e. The molecule has 2 atom stereocenters. The Morgan fingerprint density at radius 2 is 2.21 bits per heavy atom. The maximum Gasteiger partial charge on any atom is 0.128 e. The molecule has 1 aromatic carbocycles. The monoisotopic (exact) mass is 263 g/mol. The van der Waals surface area contributed by atoms with Crippen molar-refractivity contribution in [3.05, 3.63) is 23.8 Å². The fraction of sp³-hybridized carbons (Fsp3) is 0.625. The van der Waals surface area contributed by atoms with Crippen LogP contribution in [0.5, 0.6) is 11.5 Å². The van der Waals surface area contributed by atoms with Gasteiger partial charge in [0, 0.05) is 24.1 Å². The number of hydrogen-bond donors (Lipinski definition) is 1. The molecule has 1 heterocycles. The molecule has 0 bridgehead atoms. The number of benzene rings is 1. The summed E-state index contributed by atoms with van der Waals surface area (Å²) >= 11 is 0. The molecule has 0 spiro atoms. The molecular formula is C16H25NO2. The van der Waals surface area contributed by atoms with Crippen molar-refractivity contribution in [2.24, 2.45) is 5.92 Å². The standard InChI is InChI=1S/C16H25NO2/c1-5-8-17-14-10-15(11(2)3)19-16-9-12(18-4)6-7-13(14)16/h6-7,9,11,14-15,17H,5,8,10H2,1-4H3. The van der Waals surface area contributed by atoms with E-state index in [-0.39, 0.29) is 6.10 Å². The van der Waals surface area contributed by atoms with Crippen LogP contribution in [-0.4, -0.2) is 19.8 Å². The van der Waals surface area contributed by atoms with Crippen LogP contribution in [-0.2, 0) is 0 Å². The molecule has 2 unspecified atom stereocenters. The predicted octanol–water partition coefficient (Wildman–Crippen LogP) is 3.54. The van der Waals surface area contributed by atoms with Crippen molar-refractivity contribution in [1.29, 1.82) is 0 Å². The third-order valence-corrected chi connectivity index (χ3v) is 3.73. The summed E-state index contributed by atoms with van der Waals surface area (Å²) in [7, 11) is 1.69. The van der Waals surface area contributed by atoms with Gasteiger partial charge in [0.2, 0.25) is 0 Å². The quantitative estimate of drug-likeness (QED) is 0.881. The van der Waals surface area contributed by atoms with Gasteiger partial charge in [0.05, 0.1) is 7.11 Å². The molecule has 0 aliphatic carbocycles. The van der Waals surface area contributed by atoms with Gasteiger partial charge in [-0.1, -0.05) is 26.8 Å². The van der Waals surface area contributed by atoms with Gasteiger partial charge in [-0.05, 0) is 24.9 Å². The molecule has 3 nitrogen and oxygen atoms in total. The lowest BCUT2D eigenvalue weighted by Crippen LogP contribution is -2.36. The van der Waals surface area contributed by atoms with Crippen molar-refractivity contribution >= 4 is 0 Å². The molecule has 106 valence electrons. The van der Waals surface area contributed by atoms with Crippen LogP contribution in [0.25, 0.3) is 0 Å². The van der Waals surface area contributed by atoms with E-state index in [4.69, 9.17) is 9.47 Å². The summed E-state index contributed by atoms with van der Waals surface area (Å²) in [5.41, 5.74) is 1.26. The second-order valence-corrected chi connectivity index (χ2v) is 5.55. The molecule has 1 aliphatic heterocycles. The Balaban J connectivity index is 2.26. The third-order valence-electron chi connectivity index (χ3n) is 3.73. The first kappa shape index (κ1) is 14.2. The zero-order valence-electron chi connectivity index (χ0n) is 12.4. The van der Waals surface area contributed by atoms with Crippen molar-refractivity contribution in [3.8, 4) is 11.5 Å². The molecule has 0 amide bonds. The minimum absolute atomic E-state index is 0.272. The van der Waals surface area contributed by atoms with E-state index in [1.807, 2.05) is 12.1 Å². The largest absolute Gasteiger partial charge is 0.497 e. The molecule has 1 aliphatic rings. The summed E-state index contributed by atoms with van der Waals surface area (Å²) in [6.07, 6.45) is 2.46. The Morgan fingerprint density at radius 1 is 1.42 bits per heavy atom. The number of fused-ring (bicyclic) bond motifs is 1. The maximum atomic E-state index is 6.13. The second kappa shape index (κ2) is 6.29. The van der Waals surface area contributed by atoms with Gasteiger partial charge in [0.1, 0.15) is 17.6 Å². The highest BCUT2D eigenvalue weighted by Gasteiger charge is 2.29. The van der Waals surface area contributed by atoms with Crippen LogP contribution in [0, 0.1) is 5.92 Å². The molecular weight excluding hydrogens is 238 g/mol. The smallest absolute Gasteiger partial charge is 0.128 e. The topological polar surface area (TPSA) is 30.5 Å². The van der Waals surface area contributed by atoms with E-state index in [9.17, 15) is 0 Å². The highest BCUT2D eigenvalue weighted by Crippen LogP contribution is 2.38. The van der Waals surface area contributed by atoms with Crippen molar-refractivity contribution < 1.29 is 9.47 Å². The highest BCUT2D eigenvalue weighted by molar-refractivity contribution is 5.44. The highest BCUT2D eigenvalue weighted by atomic mass is 16.5. The van der Waals surface area contributed by atoms with Crippen LogP contribution in [0.2, 0.25) is 0 Å². The van der Waals surface area contributed by atoms with Gasteiger partial charge in [0.25, 0.3) is 0 Å². The van der Waals surface area contributed by atoms with Crippen LogP contribution in [0.15, 0.2) is 18.2 Å². The van der Waals surface area contributed by atoms with Gasteiger partial charge in [0.15, 0.2) is 0 Å². The predicted molar refractivity (Wildman–Crippen MR) is 77.9 cm³/mol. The van der Waals surface area contributed by atoms with E-state index in [1.54, 1.807) is 7.11 Å². The molecule has 1 aromatic rings. The Kier molecular flexibility index (Phi) is 4.70. The van der Waals surface area contributed by atoms with Gasteiger partial charge in [-0.15, -0.1) is 0 Å². The second-order valence-electron chi connectivity index (χ2n) is 5.55. The van der Waals surface area contributed by atoms with E-state index in [2.05, 4.69) is 32.2 Å². The number of nitrogens with one attached hydrogen (secondary N) is 1. The zero-order valence-corrected chi connectivity index (χ0v) is 12.4. The first-order valence-electron chi connectivity index (χ1n) is 7.23. The first-order chi connectivity index (χ1) is 9.15. The van der Waals surface area contributed by atoms with E-state index in [1.165, 1.54) is 5.56 Å². The summed E-state index contributed by atoms with van der Waals surface area (Å²) in [4.78, 5) is 0. The Hall–Kier alpha value is -1.22. The van der Waals surface area contributed by atoms with Crippen LogP contribution in [0.1, 0.15) is 45.2 Å². The maximum absolute atomic E-state index is 6.13. The number of methoxy groups -OCH3 is 1. The normalized spacial score (nSPS) is 21.9. The molecule has 19 heavy (non-hydrogen) atoms. The average molecular weight is 263 g/mol.